The molecule has 0 saturated carbocycles. The predicted octanol–water partition coefficient (Wildman–Crippen LogP) is 0.306. The van der Waals surface area contributed by atoms with Crippen LogP contribution in [0, 0.1) is 6.92 Å². The van der Waals surface area contributed by atoms with Crippen molar-refractivity contribution in [1.29, 1.82) is 0 Å². The number of fused-ring (bicyclic) bond motifs is 1. The monoisotopic (exact) mass is 331 g/mol. The zero-order valence-electron chi connectivity index (χ0n) is 12.2. The molecule has 3 aromatic heterocycles. The number of rotatable bonds is 2. The number of aromatic nitrogens is 4. The maximum absolute atomic E-state index is 12.8. The first-order valence-corrected chi connectivity index (χ1v) is 7.95. The number of hydrogen-bond donors (Lipinski definition) is 2. The van der Waals surface area contributed by atoms with E-state index in [0.29, 0.717) is 23.2 Å². The van der Waals surface area contributed by atoms with E-state index in [9.17, 15) is 14.4 Å². The highest BCUT2D eigenvalue weighted by Crippen LogP contribution is 2.29. The molecule has 118 valence electrons. The summed E-state index contributed by atoms with van der Waals surface area (Å²) >= 11 is 1.29. The number of H-pyrrole nitrogens is 1. The summed E-state index contributed by atoms with van der Waals surface area (Å²) in [5, 5.41) is 8.02. The van der Waals surface area contributed by atoms with Crippen LogP contribution >= 0.6 is 11.3 Å². The van der Waals surface area contributed by atoms with Crippen molar-refractivity contribution in [2.24, 2.45) is 0 Å². The minimum absolute atomic E-state index is 0.294. The van der Waals surface area contributed by atoms with Gasteiger partial charge in [-0.05, 0) is 19.4 Å². The smallest absolute Gasteiger partial charge is 0.330 e. The molecule has 0 radical (unpaired) electrons. The first kappa shape index (κ1) is 13.9. The molecule has 0 aromatic carbocycles. The first-order valence-electron chi connectivity index (χ1n) is 7.13. The number of hydrogen-bond acceptors (Lipinski definition) is 5. The van der Waals surface area contributed by atoms with Crippen LogP contribution in [0.2, 0.25) is 0 Å². The third kappa shape index (κ3) is 1.96. The van der Waals surface area contributed by atoms with Crippen LogP contribution in [0.5, 0.6) is 0 Å². The van der Waals surface area contributed by atoms with Crippen LogP contribution < -0.4 is 16.6 Å². The summed E-state index contributed by atoms with van der Waals surface area (Å²) in [6.07, 6.45) is 3.86. The topological polar surface area (TPSA) is 102 Å². The van der Waals surface area contributed by atoms with Gasteiger partial charge >= 0.3 is 5.69 Å². The van der Waals surface area contributed by atoms with Gasteiger partial charge in [-0.3, -0.25) is 14.6 Å². The molecule has 1 amide bonds. The van der Waals surface area contributed by atoms with Gasteiger partial charge in [-0.25, -0.2) is 14.0 Å². The van der Waals surface area contributed by atoms with Gasteiger partial charge in [0.25, 0.3) is 5.56 Å². The van der Waals surface area contributed by atoms with Gasteiger partial charge in [-0.15, -0.1) is 0 Å². The van der Waals surface area contributed by atoms with E-state index in [0.717, 1.165) is 15.1 Å². The Labute approximate surface area is 133 Å². The molecule has 0 unspecified atom stereocenters. The molecule has 1 aliphatic heterocycles. The van der Waals surface area contributed by atoms with Gasteiger partial charge in [0.05, 0.1) is 5.39 Å². The Hall–Kier alpha value is -2.68. The zero-order valence-corrected chi connectivity index (χ0v) is 13.0. The molecule has 8 nitrogen and oxygen atoms in total. The fraction of sp³-hybridized carbons (Fsp3) is 0.286. The number of thiophene rings is 1. The Morgan fingerprint density at radius 2 is 2.17 bits per heavy atom. The number of carbonyl (C=O) groups is 1. The summed E-state index contributed by atoms with van der Waals surface area (Å²) in [4.78, 5) is 40.2. The van der Waals surface area contributed by atoms with Crippen molar-refractivity contribution in [3.63, 3.8) is 0 Å². The number of aromatic amines is 1. The van der Waals surface area contributed by atoms with Crippen LogP contribution in [0.4, 0.5) is 0 Å². The third-order valence-electron chi connectivity index (χ3n) is 4.04. The summed E-state index contributed by atoms with van der Waals surface area (Å²) in [7, 11) is 0. The molecule has 4 heterocycles. The van der Waals surface area contributed by atoms with E-state index in [1.54, 1.807) is 23.1 Å². The van der Waals surface area contributed by atoms with Crippen LogP contribution in [0.3, 0.4) is 0 Å². The molecule has 23 heavy (non-hydrogen) atoms. The number of aryl methyl sites for hydroxylation is 1. The van der Waals surface area contributed by atoms with Gasteiger partial charge in [0.1, 0.15) is 15.9 Å². The van der Waals surface area contributed by atoms with Crippen molar-refractivity contribution in [2.75, 3.05) is 6.54 Å². The molecule has 0 aliphatic carbocycles. The van der Waals surface area contributed by atoms with E-state index in [2.05, 4.69) is 15.4 Å². The summed E-state index contributed by atoms with van der Waals surface area (Å²) < 4.78 is 2.68. The second kappa shape index (κ2) is 4.92. The molecule has 2 N–H and O–H groups in total. The largest absolute Gasteiger partial charge is 0.354 e. The van der Waals surface area contributed by atoms with Gasteiger partial charge in [0, 0.05) is 24.5 Å². The van der Waals surface area contributed by atoms with E-state index in [1.807, 2.05) is 6.92 Å². The number of nitrogens with one attached hydrogen (secondary N) is 2. The molecule has 1 atom stereocenters. The minimum Gasteiger partial charge on any atom is -0.354 e. The first-order chi connectivity index (χ1) is 11.1. The molecule has 1 aliphatic rings. The highest BCUT2D eigenvalue weighted by molar-refractivity contribution is 7.21. The molecule has 0 spiro atoms. The van der Waals surface area contributed by atoms with E-state index in [-0.39, 0.29) is 5.91 Å². The average molecular weight is 331 g/mol. The van der Waals surface area contributed by atoms with Crippen molar-refractivity contribution in [1.82, 2.24) is 24.6 Å². The zero-order chi connectivity index (χ0) is 16.1. The molecule has 1 fully saturated rings. The van der Waals surface area contributed by atoms with E-state index in [1.165, 1.54) is 11.3 Å². The maximum atomic E-state index is 12.8. The van der Waals surface area contributed by atoms with Gasteiger partial charge < -0.3 is 5.32 Å². The van der Waals surface area contributed by atoms with Gasteiger partial charge in [0.15, 0.2) is 0 Å². The molecular weight excluding hydrogens is 318 g/mol. The van der Waals surface area contributed by atoms with Crippen molar-refractivity contribution in [3.8, 4) is 5.00 Å². The Balaban J connectivity index is 2.01. The van der Waals surface area contributed by atoms with Gasteiger partial charge in [-0.1, -0.05) is 11.3 Å². The summed E-state index contributed by atoms with van der Waals surface area (Å²) in [5.41, 5.74) is -0.252. The van der Waals surface area contributed by atoms with Crippen LogP contribution in [0.15, 0.2) is 28.0 Å². The van der Waals surface area contributed by atoms with Crippen molar-refractivity contribution in [3.05, 3.63) is 44.9 Å². The van der Waals surface area contributed by atoms with Crippen molar-refractivity contribution < 1.29 is 4.79 Å². The summed E-state index contributed by atoms with van der Waals surface area (Å²) in [6.45, 7) is 2.28. The molecular formula is C14H13N5O3S. The second-order valence-electron chi connectivity index (χ2n) is 5.39. The highest BCUT2D eigenvalue weighted by Gasteiger charge is 2.30. The lowest BCUT2D eigenvalue weighted by Gasteiger charge is -2.09. The SMILES string of the molecule is Cc1c(-n2cccn2)sc2[nH]c(=O)n([C@@H]3CCNC3=O)c(=O)c12. The lowest BCUT2D eigenvalue weighted by atomic mass is 10.2. The number of amides is 1. The highest BCUT2D eigenvalue weighted by atomic mass is 32.1. The third-order valence-corrected chi connectivity index (χ3v) is 5.23. The quantitative estimate of drug-likeness (QED) is 0.705. The minimum atomic E-state index is -0.747. The van der Waals surface area contributed by atoms with Crippen molar-refractivity contribution in [2.45, 2.75) is 19.4 Å². The van der Waals surface area contributed by atoms with Crippen LogP contribution in [-0.4, -0.2) is 31.8 Å². The lowest BCUT2D eigenvalue weighted by molar-refractivity contribution is -0.122. The van der Waals surface area contributed by atoms with E-state index >= 15 is 0 Å². The lowest BCUT2D eigenvalue weighted by Crippen LogP contribution is -2.40. The Morgan fingerprint density at radius 3 is 2.83 bits per heavy atom. The normalized spacial score (nSPS) is 17.8. The molecule has 0 bridgehead atoms. The fourth-order valence-corrected chi connectivity index (χ4v) is 4.07. The van der Waals surface area contributed by atoms with E-state index in [4.69, 9.17) is 0 Å². The number of nitrogens with zero attached hydrogens (tertiary/aromatic N) is 3. The maximum Gasteiger partial charge on any atom is 0.330 e. The second-order valence-corrected chi connectivity index (χ2v) is 6.39. The van der Waals surface area contributed by atoms with Crippen LogP contribution in [0.25, 0.3) is 15.2 Å². The van der Waals surface area contributed by atoms with Crippen molar-refractivity contribution >= 4 is 27.5 Å². The Bertz CT molecular complexity index is 1030. The molecule has 4 rings (SSSR count). The summed E-state index contributed by atoms with van der Waals surface area (Å²) in [5.74, 6) is -0.294. The Kier molecular flexibility index (Phi) is 2.98. The van der Waals surface area contributed by atoms with Gasteiger partial charge in [-0.2, -0.15) is 5.10 Å². The number of carbonyl (C=O) groups excluding carboxylic acids is 1. The summed E-state index contributed by atoms with van der Waals surface area (Å²) in [6, 6.07) is 1.04. The molecule has 1 saturated heterocycles. The fourth-order valence-electron chi connectivity index (χ4n) is 2.94. The molecule has 9 heteroatoms. The standard InChI is InChI=1S/C14H13N5O3S/c1-7-9-11(23-13(7)18-6-2-4-16-18)17-14(22)19(12(9)21)8-3-5-15-10(8)20/h2,4,6,8H,3,5H2,1H3,(H,15,20)(H,17,22)/t8-/m1/s1. The van der Waals surface area contributed by atoms with Crippen LogP contribution in [0.1, 0.15) is 18.0 Å². The van der Waals surface area contributed by atoms with E-state index < -0.39 is 17.3 Å². The Morgan fingerprint density at radius 1 is 1.35 bits per heavy atom. The average Bonchev–Trinajstić information content (AvgIpc) is 3.21. The van der Waals surface area contributed by atoms with Crippen LogP contribution in [-0.2, 0) is 4.79 Å². The molecule has 3 aromatic rings. The van der Waals surface area contributed by atoms with Gasteiger partial charge in [0.2, 0.25) is 5.91 Å². The predicted molar refractivity (Wildman–Crippen MR) is 85.2 cm³/mol.